The highest BCUT2D eigenvalue weighted by Gasteiger charge is 2.15. The van der Waals surface area contributed by atoms with E-state index in [0.717, 1.165) is 6.42 Å². The van der Waals surface area contributed by atoms with Crippen molar-refractivity contribution >= 4 is 5.78 Å². The summed E-state index contributed by atoms with van der Waals surface area (Å²) in [5.74, 6) is 1.15. The molecule has 0 aromatic carbocycles. The van der Waals surface area contributed by atoms with E-state index in [1.807, 2.05) is 0 Å². The third-order valence-electron chi connectivity index (χ3n) is 2.09. The molecular formula is C10H22N2O. The predicted octanol–water partition coefficient (Wildman–Crippen LogP) is 0.914. The minimum absolute atomic E-state index is 0.0932. The van der Waals surface area contributed by atoms with Crippen molar-refractivity contribution < 1.29 is 4.79 Å². The lowest BCUT2D eigenvalue weighted by Crippen LogP contribution is -2.38. The molecule has 0 saturated heterocycles. The molecule has 78 valence electrons. The second-order valence-electron chi connectivity index (χ2n) is 4.25. The summed E-state index contributed by atoms with van der Waals surface area (Å²) in [6.07, 6.45) is 1.64. The van der Waals surface area contributed by atoms with E-state index >= 15 is 0 Å². The maximum Gasteiger partial charge on any atom is 0.151 e. The maximum absolute atomic E-state index is 11.4. The summed E-state index contributed by atoms with van der Waals surface area (Å²) in [4.78, 5) is 11.4. The summed E-state index contributed by atoms with van der Waals surface area (Å²) in [6.45, 7) is 6.65. The Bertz CT molecular complexity index is 157. The van der Waals surface area contributed by atoms with E-state index < -0.39 is 6.04 Å². The minimum atomic E-state index is -0.463. The highest BCUT2D eigenvalue weighted by atomic mass is 16.1. The Hall–Kier alpha value is -0.410. The molecule has 0 saturated carbocycles. The van der Waals surface area contributed by atoms with Crippen LogP contribution in [-0.4, -0.2) is 18.4 Å². The molecule has 0 aliphatic carbocycles. The fraction of sp³-hybridized carbons (Fsp3) is 0.900. The van der Waals surface area contributed by atoms with Gasteiger partial charge in [0, 0.05) is 13.0 Å². The number of ketones is 1. The first-order chi connectivity index (χ1) is 5.97. The number of nitrogens with two attached hydrogens (primary N) is 2. The molecule has 0 fully saturated rings. The quantitative estimate of drug-likeness (QED) is 0.648. The largest absolute Gasteiger partial charge is 0.328 e. The van der Waals surface area contributed by atoms with Crippen molar-refractivity contribution in [2.75, 3.05) is 6.54 Å². The highest BCUT2D eigenvalue weighted by molar-refractivity contribution is 5.84. The molecule has 0 aliphatic rings. The normalized spacial score (nSPS) is 15.8. The molecule has 0 unspecified atom stereocenters. The highest BCUT2D eigenvalue weighted by Crippen LogP contribution is 2.15. The van der Waals surface area contributed by atoms with Crippen molar-refractivity contribution in [3.05, 3.63) is 0 Å². The Morgan fingerprint density at radius 2 is 1.85 bits per heavy atom. The topological polar surface area (TPSA) is 69.1 Å². The third kappa shape index (κ3) is 5.77. The molecule has 0 radical (unpaired) electrons. The Labute approximate surface area is 80.9 Å². The lowest BCUT2D eigenvalue weighted by Gasteiger charge is -2.15. The molecule has 0 spiro atoms. The molecule has 4 N–H and O–H groups in total. The van der Waals surface area contributed by atoms with Gasteiger partial charge in [-0.1, -0.05) is 20.8 Å². The van der Waals surface area contributed by atoms with Gasteiger partial charge in [-0.05, 0) is 18.3 Å². The molecule has 0 aliphatic heterocycles. The van der Waals surface area contributed by atoms with E-state index in [1.54, 1.807) is 0 Å². The Morgan fingerprint density at radius 3 is 2.23 bits per heavy atom. The summed E-state index contributed by atoms with van der Waals surface area (Å²) >= 11 is 0. The number of carbonyl (C=O) groups excluding carboxylic acids is 1. The predicted molar refractivity (Wildman–Crippen MR) is 55.3 cm³/mol. The minimum Gasteiger partial charge on any atom is -0.328 e. The Kier molecular flexibility index (Phi) is 5.91. The second kappa shape index (κ2) is 6.11. The van der Waals surface area contributed by atoms with E-state index in [-0.39, 0.29) is 12.3 Å². The van der Waals surface area contributed by atoms with Crippen LogP contribution in [0.3, 0.4) is 0 Å². The smallest absolute Gasteiger partial charge is 0.151 e. The van der Waals surface area contributed by atoms with E-state index in [1.165, 1.54) is 0 Å². The molecule has 3 heteroatoms. The lowest BCUT2D eigenvalue weighted by molar-refractivity contribution is -0.120. The van der Waals surface area contributed by atoms with Crippen molar-refractivity contribution in [2.45, 2.75) is 39.7 Å². The van der Waals surface area contributed by atoms with Crippen LogP contribution < -0.4 is 11.5 Å². The van der Waals surface area contributed by atoms with Crippen LogP contribution in [0.1, 0.15) is 33.6 Å². The van der Waals surface area contributed by atoms with Gasteiger partial charge in [-0.25, -0.2) is 0 Å². The van der Waals surface area contributed by atoms with Crippen LogP contribution in [-0.2, 0) is 4.79 Å². The lowest BCUT2D eigenvalue weighted by atomic mass is 9.92. The zero-order chi connectivity index (χ0) is 10.4. The number of hydrogen-bond donors (Lipinski definition) is 2. The zero-order valence-electron chi connectivity index (χ0n) is 8.92. The second-order valence-corrected chi connectivity index (χ2v) is 4.25. The standard InChI is InChI=1S/C10H22N2O/c1-7(2)4-8(3)5-10(13)9(12)6-11/h7-9H,4-6,11-12H2,1-3H3/t8-,9+/m1/s1. The van der Waals surface area contributed by atoms with Crippen LogP contribution in [0.4, 0.5) is 0 Å². The Morgan fingerprint density at radius 1 is 1.31 bits per heavy atom. The van der Waals surface area contributed by atoms with E-state index in [2.05, 4.69) is 20.8 Å². The zero-order valence-corrected chi connectivity index (χ0v) is 8.92. The third-order valence-corrected chi connectivity index (χ3v) is 2.09. The van der Waals surface area contributed by atoms with Crippen LogP contribution in [0.15, 0.2) is 0 Å². The average molecular weight is 186 g/mol. The molecule has 2 atom stereocenters. The first-order valence-electron chi connectivity index (χ1n) is 4.95. The van der Waals surface area contributed by atoms with Crippen molar-refractivity contribution in [3.63, 3.8) is 0 Å². The van der Waals surface area contributed by atoms with Crippen LogP contribution >= 0.6 is 0 Å². The Balaban J connectivity index is 3.77. The molecule has 0 aromatic rings. The first-order valence-corrected chi connectivity index (χ1v) is 4.95. The van der Waals surface area contributed by atoms with E-state index in [0.29, 0.717) is 18.3 Å². The number of carbonyl (C=O) groups is 1. The fourth-order valence-electron chi connectivity index (χ4n) is 1.51. The van der Waals surface area contributed by atoms with Crippen LogP contribution in [0.5, 0.6) is 0 Å². The van der Waals surface area contributed by atoms with Gasteiger partial charge in [0.1, 0.15) is 0 Å². The van der Waals surface area contributed by atoms with Crippen molar-refractivity contribution in [2.24, 2.45) is 23.3 Å². The van der Waals surface area contributed by atoms with Crippen LogP contribution in [0.25, 0.3) is 0 Å². The fourth-order valence-corrected chi connectivity index (χ4v) is 1.51. The number of rotatable bonds is 6. The molecule has 0 aromatic heterocycles. The average Bonchev–Trinajstić information content (AvgIpc) is 2.01. The van der Waals surface area contributed by atoms with Gasteiger partial charge < -0.3 is 11.5 Å². The molecule has 0 amide bonds. The van der Waals surface area contributed by atoms with Crippen molar-refractivity contribution in [1.82, 2.24) is 0 Å². The molecular weight excluding hydrogens is 164 g/mol. The van der Waals surface area contributed by atoms with Gasteiger partial charge in [0.15, 0.2) is 5.78 Å². The summed E-state index contributed by atoms with van der Waals surface area (Å²) in [6, 6.07) is -0.463. The molecule has 13 heavy (non-hydrogen) atoms. The van der Waals surface area contributed by atoms with Crippen LogP contribution in [0.2, 0.25) is 0 Å². The molecule has 0 bridgehead atoms. The molecule has 3 nitrogen and oxygen atoms in total. The summed E-state index contributed by atoms with van der Waals surface area (Å²) in [5, 5.41) is 0. The van der Waals surface area contributed by atoms with E-state index in [4.69, 9.17) is 11.5 Å². The van der Waals surface area contributed by atoms with Crippen molar-refractivity contribution in [3.8, 4) is 0 Å². The van der Waals surface area contributed by atoms with Gasteiger partial charge in [0.25, 0.3) is 0 Å². The summed E-state index contributed by atoms with van der Waals surface area (Å²) in [7, 11) is 0. The summed E-state index contributed by atoms with van der Waals surface area (Å²) in [5.41, 5.74) is 10.8. The van der Waals surface area contributed by atoms with Gasteiger partial charge in [-0.15, -0.1) is 0 Å². The number of hydrogen-bond acceptors (Lipinski definition) is 3. The van der Waals surface area contributed by atoms with Gasteiger partial charge >= 0.3 is 0 Å². The monoisotopic (exact) mass is 186 g/mol. The van der Waals surface area contributed by atoms with Gasteiger partial charge in [-0.3, -0.25) is 4.79 Å². The maximum atomic E-state index is 11.4. The SMILES string of the molecule is CC(C)C[C@@H](C)CC(=O)[C@@H](N)CN. The number of Topliss-reactive ketones (excluding diaryl/α,β-unsaturated/α-hetero) is 1. The van der Waals surface area contributed by atoms with E-state index in [9.17, 15) is 4.79 Å². The van der Waals surface area contributed by atoms with Gasteiger partial charge in [-0.2, -0.15) is 0 Å². The van der Waals surface area contributed by atoms with Crippen LogP contribution in [0, 0.1) is 11.8 Å². The van der Waals surface area contributed by atoms with Crippen molar-refractivity contribution in [1.29, 1.82) is 0 Å². The summed E-state index contributed by atoms with van der Waals surface area (Å²) < 4.78 is 0. The molecule has 0 heterocycles. The van der Waals surface area contributed by atoms with Gasteiger partial charge in [0.05, 0.1) is 6.04 Å². The molecule has 0 rings (SSSR count). The first kappa shape index (κ1) is 12.6. The van der Waals surface area contributed by atoms with Gasteiger partial charge in [0.2, 0.25) is 0 Å².